The van der Waals surface area contributed by atoms with Crippen LogP contribution in [0.5, 0.6) is 0 Å². The van der Waals surface area contributed by atoms with Crippen LogP contribution < -0.4 is 4.90 Å². The van der Waals surface area contributed by atoms with E-state index in [1.54, 1.807) is 0 Å². The summed E-state index contributed by atoms with van der Waals surface area (Å²) in [5.41, 5.74) is 10.7. The van der Waals surface area contributed by atoms with Crippen molar-refractivity contribution < 1.29 is 0 Å². The summed E-state index contributed by atoms with van der Waals surface area (Å²) in [5.74, 6) is 0. The number of hydrogen-bond acceptors (Lipinski definition) is 2. The van der Waals surface area contributed by atoms with Crippen molar-refractivity contribution in [3.63, 3.8) is 0 Å². The number of anilines is 3. The Balaban J connectivity index is 1.04. The molecule has 0 radical (unpaired) electrons. The first-order valence-corrected chi connectivity index (χ1v) is 18.6. The number of rotatable bonds is 6. The fourth-order valence-electron chi connectivity index (χ4n) is 7.74. The maximum absolute atomic E-state index is 2.41. The van der Waals surface area contributed by atoms with Crippen molar-refractivity contribution in [3.05, 3.63) is 200 Å². The zero-order chi connectivity index (χ0) is 34.4. The predicted octanol–water partition coefficient (Wildman–Crippen LogP) is 14.8. The van der Waals surface area contributed by atoms with E-state index in [2.05, 4.69) is 205 Å². The molecule has 0 aliphatic rings. The van der Waals surface area contributed by atoms with Crippen molar-refractivity contribution >= 4 is 70.1 Å². The summed E-state index contributed by atoms with van der Waals surface area (Å²) < 4.78 is 2.60. The first-order valence-electron chi connectivity index (χ1n) is 17.8. The van der Waals surface area contributed by atoms with E-state index in [1.807, 2.05) is 11.3 Å². The molecule has 244 valence electrons. The van der Waals surface area contributed by atoms with Crippen LogP contribution in [-0.4, -0.2) is 0 Å². The van der Waals surface area contributed by atoms with E-state index in [0.29, 0.717) is 0 Å². The number of fused-ring (bicyclic) bond motifs is 6. The van der Waals surface area contributed by atoms with Crippen LogP contribution in [0, 0.1) is 0 Å². The van der Waals surface area contributed by atoms with Gasteiger partial charge in [-0.1, -0.05) is 152 Å². The molecule has 0 unspecified atom stereocenters. The molecule has 52 heavy (non-hydrogen) atoms. The minimum Gasteiger partial charge on any atom is -0.310 e. The third-order valence-corrected chi connectivity index (χ3v) is 11.4. The van der Waals surface area contributed by atoms with Crippen LogP contribution >= 0.6 is 11.3 Å². The Morgan fingerprint density at radius 1 is 0.327 bits per heavy atom. The number of thiophene rings is 1. The van der Waals surface area contributed by atoms with E-state index in [0.717, 1.165) is 11.4 Å². The predicted molar refractivity (Wildman–Crippen MR) is 225 cm³/mol. The quantitative estimate of drug-likeness (QED) is 0.158. The normalized spacial score (nSPS) is 11.5. The smallest absolute Gasteiger partial charge is 0.0554 e. The van der Waals surface area contributed by atoms with Crippen LogP contribution in [-0.2, 0) is 0 Å². The topological polar surface area (TPSA) is 3.24 Å². The molecule has 2 heteroatoms. The Hall–Kier alpha value is -6.48. The lowest BCUT2D eigenvalue weighted by Gasteiger charge is -2.27. The molecule has 0 spiro atoms. The molecule has 0 saturated carbocycles. The van der Waals surface area contributed by atoms with E-state index < -0.39 is 0 Å². The second-order valence-electron chi connectivity index (χ2n) is 13.3. The largest absolute Gasteiger partial charge is 0.310 e. The van der Waals surface area contributed by atoms with Crippen LogP contribution in [0.2, 0.25) is 0 Å². The highest BCUT2D eigenvalue weighted by atomic mass is 32.1. The van der Waals surface area contributed by atoms with Crippen molar-refractivity contribution in [1.29, 1.82) is 0 Å². The van der Waals surface area contributed by atoms with E-state index in [1.165, 1.54) is 80.8 Å². The second kappa shape index (κ2) is 12.7. The lowest BCUT2D eigenvalue weighted by molar-refractivity contribution is 1.30. The average molecular weight is 680 g/mol. The van der Waals surface area contributed by atoms with Gasteiger partial charge in [0.25, 0.3) is 0 Å². The Bertz CT molecular complexity index is 2870. The van der Waals surface area contributed by atoms with Crippen LogP contribution in [0.25, 0.3) is 75.1 Å². The van der Waals surface area contributed by atoms with E-state index in [4.69, 9.17) is 0 Å². The fraction of sp³-hybridized carbons (Fsp3) is 0. The molecule has 1 nitrogen and oxygen atoms in total. The molecule has 0 aliphatic carbocycles. The molecule has 1 heterocycles. The minimum atomic E-state index is 1.12. The molecular formula is C50H33NS. The number of hydrogen-bond donors (Lipinski definition) is 0. The number of nitrogens with zero attached hydrogens (tertiary/aromatic N) is 1. The zero-order valence-corrected chi connectivity index (χ0v) is 29.2. The summed E-state index contributed by atoms with van der Waals surface area (Å²) >= 11 is 1.86. The van der Waals surface area contributed by atoms with E-state index in [-0.39, 0.29) is 0 Å². The zero-order valence-electron chi connectivity index (χ0n) is 28.4. The Kier molecular flexibility index (Phi) is 7.41. The molecule has 0 N–H and O–H groups in total. The van der Waals surface area contributed by atoms with Gasteiger partial charge in [-0.25, -0.2) is 0 Å². The van der Waals surface area contributed by atoms with Crippen LogP contribution in [0.4, 0.5) is 17.1 Å². The van der Waals surface area contributed by atoms with Crippen molar-refractivity contribution in [3.8, 4) is 33.4 Å². The van der Waals surface area contributed by atoms with Crippen LogP contribution in [0.1, 0.15) is 0 Å². The molecule has 0 saturated heterocycles. The Labute approximate surface area is 307 Å². The first kappa shape index (κ1) is 30.4. The SMILES string of the molecule is c1ccc(-c2ccc(N(c3ccc(-c4ccc(-c5cc6ccccc6c6ccccc56)cc4)cc3)c3cccc4sc5ccccc5c34)cc2)cc1. The Morgan fingerprint density at radius 2 is 0.827 bits per heavy atom. The molecule has 0 aliphatic heterocycles. The second-order valence-corrected chi connectivity index (χ2v) is 14.4. The highest BCUT2D eigenvalue weighted by molar-refractivity contribution is 7.26. The van der Waals surface area contributed by atoms with Crippen molar-refractivity contribution in [2.45, 2.75) is 0 Å². The molecule has 0 amide bonds. The van der Waals surface area contributed by atoms with Gasteiger partial charge in [0.05, 0.1) is 5.69 Å². The van der Waals surface area contributed by atoms with Crippen LogP contribution in [0.15, 0.2) is 200 Å². The third kappa shape index (κ3) is 5.24. The summed E-state index contributed by atoms with van der Waals surface area (Å²) in [7, 11) is 0. The van der Waals surface area contributed by atoms with Gasteiger partial charge in [0, 0.05) is 31.5 Å². The van der Waals surface area contributed by atoms with Crippen LogP contribution in [0.3, 0.4) is 0 Å². The van der Waals surface area contributed by atoms with Gasteiger partial charge < -0.3 is 4.90 Å². The van der Waals surface area contributed by atoms with Gasteiger partial charge in [-0.2, -0.15) is 0 Å². The summed E-state index contributed by atoms with van der Waals surface area (Å²) in [6.07, 6.45) is 0. The molecule has 1 aromatic heterocycles. The lowest BCUT2D eigenvalue weighted by atomic mass is 9.92. The fourth-order valence-corrected chi connectivity index (χ4v) is 8.87. The maximum atomic E-state index is 2.41. The Morgan fingerprint density at radius 3 is 1.52 bits per heavy atom. The van der Waals surface area contributed by atoms with Gasteiger partial charge >= 0.3 is 0 Å². The molecule has 10 rings (SSSR count). The minimum absolute atomic E-state index is 1.12. The monoisotopic (exact) mass is 679 g/mol. The van der Waals surface area contributed by atoms with Gasteiger partial charge in [0.1, 0.15) is 0 Å². The highest BCUT2D eigenvalue weighted by Gasteiger charge is 2.19. The number of benzene rings is 9. The third-order valence-electron chi connectivity index (χ3n) is 10.3. The molecule has 10 aromatic rings. The molecule has 0 fully saturated rings. The first-order chi connectivity index (χ1) is 25.8. The van der Waals surface area contributed by atoms with Crippen molar-refractivity contribution in [2.24, 2.45) is 0 Å². The van der Waals surface area contributed by atoms with Gasteiger partial charge in [0.15, 0.2) is 0 Å². The molecule has 0 bridgehead atoms. The molecule has 9 aromatic carbocycles. The van der Waals surface area contributed by atoms with Gasteiger partial charge in [-0.3, -0.25) is 0 Å². The van der Waals surface area contributed by atoms with Gasteiger partial charge in [-0.05, 0) is 103 Å². The molecular weight excluding hydrogens is 647 g/mol. The molecule has 0 atom stereocenters. The summed E-state index contributed by atoms with van der Waals surface area (Å²) in [5, 5.41) is 7.71. The lowest BCUT2D eigenvalue weighted by Crippen LogP contribution is -2.10. The van der Waals surface area contributed by atoms with Crippen molar-refractivity contribution in [2.75, 3.05) is 4.90 Å². The van der Waals surface area contributed by atoms with Gasteiger partial charge in [0.2, 0.25) is 0 Å². The average Bonchev–Trinajstić information content (AvgIpc) is 3.61. The summed E-state index contributed by atoms with van der Waals surface area (Å²) in [6.45, 7) is 0. The van der Waals surface area contributed by atoms with E-state index in [9.17, 15) is 0 Å². The standard InChI is InChI=1S/C50H33NS/c1-2-11-34(12-3-1)36-25-29-40(30-26-36)51(47-18-10-20-49-50(47)45-17-8-9-19-48(45)52-49)41-31-27-37(28-32-41)35-21-23-38(24-22-35)46-33-39-13-4-5-14-42(39)43-15-6-7-16-44(43)46/h1-33H. The maximum Gasteiger partial charge on any atom is 0.0554 e. The van der Waals surface area contributed by atoms with E-state index >= 15 is 0 Å². The summed E-state index contributed by atoms with van der Waals surface area (Å²) in [6, 6.07) is 72.8. The summed E-state index contributed by atoms with van der Waals surface area (Å²) in [4.78, 5) is 2.41. The van der Waals surface area contributed by atoms with Crippen molar-refractivity contribution in [1.82, 2.24) is 0 Å². The highest BCUT2D eigenvalue weighted by Crippen LogP contribution is 2.45. The van der Waals surface area contributed by atoms with Gasteiger partial charge in [-0.15, -0.1) is 11.3 Å².